The van der Waals surface area contributed by atoms with Crippen molar-refractivity contribution in [3.8, 4) is 5.75 Å². The van der Waals surface area contributed by atoms with E-state index < -0.39 is 0 Å². The largest absolute Gasteiger partial charge is 0.487 e. The molecule has 1 amide bonds. The van der Waals surface area contributed by atoms with Crippen molar-refractivity contribution >= 4 is 34.7 Å². The standard InChI is InChI=1S/C17H18ClN7O2/c1-24-5-3-10(8-24)27-14-2-4-20-7-13(14)22-17(26)11-6-21-25-9-12(18)15(19)23-16(11)25/h2,4,6-7,9-10H,3,5,8H2,1H3,(H2,19,23)(H,22,26). The zero-order chi connectivity index (χ0) is 19.0. The highest BCUT2D eigenvalue weighted by atomic mass is 35.5. The van der Waals surface area contributed by atoms with Crippen molar-refractivity contribution in [2.75, 3.05) is 31.2 Å². The predicted molar refractivity (Wildman–Crippen MR) is 101 cm³/mol. The van der Waals surface area contributed by atoms with Crippen LogP contribution in [-0.4, -0.2) is 56.6 Å². The number of ether oxygens (including phenoxy) is 1. The Morgan fingerprint density at radius 1 is 1.44 bits per heavy atom. The number of hydrogen-bond acceptors (Lipinski definition) is 7. The van der Waals surface area contributed by atoms with Crippen molar-refractivity contribution < 1.29 is 9.53 Å². The molecule has 140 valence electrons. The van der Waals surface area contributed by atoms with Crippen molar-refractivity contribution in [1.29, 1.82) is 0 Å². The molecule has 1 unspecified atom stereocenters. The fraction of sp³-hybridized carbons (Fsp3) is 0.294. The minimum atomic E-state index is -0.388. The van der Waals surface area contributed by atoms with Crippen LogP contribution in [0.3, 0.4) is 0 Å². The number of halogens is 1. The molecule has 0 radical (unpaired) electrons. The maximum atomic E-state index is 12.8. The van der Waals surface area contributed by atoms with Gasteiger partial charge in [0.1, 0.15) is 33.9 Å². The van der Waals surface area contributed by atoms with Gasteiger partial charge in [0.05, 0.1) is 18.6 Å². The molecule has 10 heteroatoms. The van der Waals surface area contributed by atoms with E-state index in [4.69, 9.17) is 22.1 Å². The third-order valence-electron chi connectivity index (χ3n) is 4.39. The summed E-state index contributed by atoms with van der Waals surface area (Å²) in [6.07, 6.45) is 7.11. The Morgan fingerprint density at radius 3 is 3.07 bits per heavy atom. The SMILES string of the molecule is CN1CCC(Oc2ccncc2NC(=O)c2cnn3cc(Cl)c(N)nc23)C1. The topological polar surface area (TPSA) is 111 Å². The van der Waals surface area contributed by atoms with Gasteiger partial charge in [0.25, 0.3) is 5.91 Å². The minimum absolute atomic E-state index is 0.0774. The van der Waals surface area contributed by atoms with E-state index in [1.54, 1.807) is 18.5 Å². The Bertz CT molecular complexity index is 1010. The molecular formula is C17H18ClN7O2. The Morgan fingerprint density at radius 2 is 2.30 bits per heavy atom. The van der Waals surface area contributed by atoms with Crippen LogP contribution >= 0.6 is 11.6 Å². The van der Waals surface area contributed by atoms with Gasteiger partial charge in [-0.05, 0) is 13.5 Å². The van der Waals surface area contributed by atoms with Gasteiger partial charge < -0.3 is 20.7 Å². The van der Waals surface area contributed by atoms with Gasteiger partial charge >= 0.3 is 0 Å². The van der Waals surface area contributed by atoms with E-state index in [2.05, 4.69) is 32.3 Å². The number of likely N-dealkylation sites (N-methyl/N-ethyl adjacent to an activating group) is 1. The van der Waals surface area contributed by atoms with Gasteiger partial charge in [-0.3, -0.25) is 9.78 Å². The molecule has 0 aliphatic carbocycles. The molecule has 3 N–H and O–H groups in total. The monoisotopic (exact) mass is 387 g/mol. The van der Waals surface area contributed by atoms with Crippen LogP contribution in [0.1, 0.15) is 16.8 Å². The molecule has 1 aliphatic heterocycles. The Hall–Kier alpha value is -2.91. The van der Waals surface area contributed by atoms with E-state index in [0.717, 1.165) is 19.5 Å². The molecule has 3 aromatic heterocycles. The molecule has 1 atom stereocenters. The number of nitrogens with zero attached hydrogens (tertiary/aromatic N) is 5. The van der Waals surface area contributed by atoms with E-state index in [1.165, 1.54) is 16.9 Å². The number of pyridine rings is 1. The number of carbonyl (C=O) groups excluding carboxylic acids is 1. The summed E-state index contributed by atoms with van der Waals surface area (Å²) in [4.78, 5) is 23.2. The lowest BCUT2D eigenvalue weighted by molar-refractivity contribution is 0.102. The number of nitrogens with two attached hydrogens (primary N) is 1. The van der Waals surface area contributed by atoms with E-state index in [1.807, 2.05) is 0 Å². The molecule has 9 nitrogen and oxygen atoms in total. The van der Waals surface area contributed by atoms with Gasteiger partial charge in [-0.15, -0.1) is 0 Å². The summed E-state index contributed by atoms with van der Waals surface area (Å²) in [6.45, 7) is 1.82. The highest BCUT2D eigenvalue weighted by Gasteiger charge is 2.23. The van der Waals surface area contributed by atoms with Crippen LogP contribution < -0.4 is 15.8 Å². The van der Waals surface area contributed by atoms with Crippen molar-refractivity contribution in [3.05, 3.63) is 41.4 Å². The number of carbonyl (C=O) groups is 1. The van der Waals surface area contributed by atoms with Crippen molar-refractivity contribution in [3.63, 3.8) is 0 Å². The third kappa shape index (κ3) is 3.51. The smallest absolute Gasteiger partial charge is 0.261 e. The number of nitrogen functional groups attached to an aromatic ring is 1. The second-order valence-corrected chi connectivity index (χ2v) is 6.82. The average molecular weight is 388 g/mol. The van der Waals surface area contributed by atoms with Gasteiger partial charge in [0.2, 0.25) is 0 Å². The van der Waals surface area contributed by atoms with Crippen LogP contribution in [0.4, 0.5) is 11.5 Å². The van der Waals surface area contributed by atoms with Crippen molar-refractivity contribution in [1.82, 2.24) is 24.5 Å². The lowest BCUT2D eigenvalue weighted by atomic mass is 10.2. The predicted octanol–water partition coefficient (Wildman–Crippen LogP) is 1.70. The molecule has 4 heterocycles. The fourth-order valence-corrected chi connectivity index (χ4v) is 3.14. The molecule has 0 spiro atoms. The zero-order valence-corrected chi connectivity index (χ0v) is 15.3. The normalized spacial score (nSPS) is 17.3. The first kappa shape index (κ1) is 17.5. The van der Waals surface area contributed by atoms with Crippen LogP contribution in [0.15, 0.2) is 30.9 Å². The first-order valence-corrected chi connectivity index (χ1v) is 8.79. The van der Waals surface area contributed by atoms with Crippen LogP contribution in [-0.2, 0) is 0 Å². The van der Waals surface area contributed by atoms with Crippen LogP contribution in [0, 0.1) is 0 Å². The quantitative estimate of drug-likeness (QED) is 0.700. The van der Waals surface area contributed by atoms with Gasteiger partial charge in [-0.2, -0.15) is 5.10 Å². The number of hydrogen-bond donors (Lipinski definition) is 2. The van der Waals surface area contributed by atoms with Gasteiger partial charge in [0.15, 0.2) is 5.65 Å². The highest BCUT2D eigenvalue weighted by molar-refractivity contribution is 6.32. The number of amides is 1. The van der Waals surface area contributed by atoms with E-state index in [0.29, 0.717) is 17.1 Å². The van der Waals surface area contributed by atoms with Gasteiger partial charge in [-0.25, -0.2) is 9.50 Å². The number of likely N-dealkylation sites (tertiary alicyclic amines) is 1. The molecule has 4 rings (SSSR count). The summed E-state index contributed by atoms with van der Waals surface area (Å²) in [5.41, 5.74) is 6.82. The summed E-state index contributed by atoms with van der Waals surface area (Å²) >= 11 is 5.94. The first-order chi connectivity index (χ1) is 13.0. The molecular weight excluding hydrogens is 370 g/mol. The molecule has 0 bridgehead atoms. The van der Waals surface area contributed by atoms with Crippen molar-refractivity contribution in [2.24, 2.45) is 0 Å². The second-order valence-electron chi connectivity index (χ2n) is 6.42. The number of rotatable bonds is 4. The van der Waals surface area contributed by atoms with Gasteiger partial charge in [-0.1, -0.05) is 11.6 Å². The zero-order valence-electron chi connectivity index (χ0n) is 14.6. The van der Waals surface area contributed by atoms with Crippen LogP contribution in [0.5, 0.6) is 5.75 Å². The summed E-state index contributed by atoms with van der Waals surface area (Å²) < 4.78 is 7.45. The maximum Gasteiger partial charge on any atom is 0.261 e. The lowest BCUT2D eigenvalue weighted by Gasteiger charge is -2.16. The number of fused-ring (bicyclic) bond motifs is 1. The van der Waals surface area contributed by atoms with Crippen LogP contribution in [0.25, 0.3) is 5.65 Å². The molecule has 1 fully saturated rings. The van der Waals surface area contributed by atoms with Crippen molar-refractivity contribution in [2.45, 2.75) is 12.5 Å². The summed E-state index contributed by atoms with van der Waals surface area (Å²) in [5, 5.41) is 7.18. The fourth-order valence-electron chi connectivity index (χ4n) is 3.00. The summed E-state index contributed by atoms with van der Waals surface area (Å²) in [7, 11) is 2.05. The second kappa shape index (κ2) is 7.01. The highest BCUT2D eigenvalue weighted by Crippen LogP contribution is 2.27. The Labute approximate surface area is 160 Å². The Kier molecular flexibility index (Phi) is 4.54. The number of aromatic nitrogens is 4. The molecule has 0 saturated carbocycles. The third-order valence-corrected chi connectivity index (χ3v) is 4.68. The number of anilines is 2. The van der Waals surface area contributed by atoms with Crippen LogP contribution in [0.2, 0.25) is 5.02 Å². The molecule has 27 heavy (non-hydrogen) atoms. The maximum absolute atomic E-state index is 12.8. The van der Waals surface area contributed by atoms with E-state index in [9.17, 15) is 4.79 Å². The summed E-state index contributed by atoms with van der Waals surface area (Å²) in [5.74, 6) is 0.320. The molecule has 0 aromatic carbocycles. The first-order valence-electron chi connectivity index (χ1n) is 8.41. The molecule has 1 saturated heterocycles. The van der Waals surface area contributed by atoms with E-state index in [-0.39, 0.29) is 28.4 Å². The van der Waals surface area contributed by atoms with E-state index >= 15 is 0 Å². The molecule has 1 aliphatic rings. The Balaban J connectivity index is 1.58. The summed E-state index contributed by atoms with van der Waals surface area (Å²) in [6, 6.07) is 1.74. The number of nitrogens with one attached hydrogen (secondary N) is 1. The molecule has 3 aromatic rings. The lowest BCUT2D eigenvalue weighted by Crippen LogP contribution is -2.22. The average Bonchev–Trinajstić information content (AvgIpc) is 3.23. The van der Waals surface area contributed by atoms with Gasteiger partial charge in [0, 0.05) is 25.4 Å². The minimum Gasteiger partial charge on any atom is -0.487 e.